The smallest absolute Gasteiger partial charge is 0.355 e. The van der Waals surface area contributed by atoms with E-state index in [0.717, 1.165) is 29.2 Å². The third-order valence-corrected chi connectivity index (χ3v) is 4.67. The van der Waals surface area contributed by atoms with Crippen LogP contribution in [0.25, 0.3) is 0 Å². The van der Waals surface area contributed by atoms with Gasteiger partial charge in [-0.1, -0.05) is 36.4 Å². The van der Waals surface area contributed by atoms with E-state index in [9.17, 15) is 18.0 Å². The lowest BCUT2D eigenvalue weighted by molar-refractivity contribution is -0.141. The molecule has 0 aliphatic rings. The molecule has 162 valence electrons. The Hall–Kier alpha value is -3.39. The molecule has 31 heavy (non-hydrogen) atoms. The van der Waals surface area contributed by atoms with E-state index in [1.54, 1.807) is 13.8 Å². The van der Waals surface area contributed by atoms with Gasteiger partial charge in [0.15, 0.2) is 0 Å². The number of pyridine rings is 1. The van der Waals surface area contributed by atoms with Crippen LogP contribution in [0.3, 0.4) is 0 Å². The third-order valence-electron chi connectivity index (χ3n) is 4.67. The van der Waals surface area contributed by atoms with E-state index < -0.39 is 23.3 Å². The fourth-order valence-corrected chi connectivity index (χ4v) is 2.82. The van der Waals surface area contributed by atoms with Gasteiger partial charge in [0.1, 0.15) is 5.69 Å². The maximum atomic E-state index is 12.8. The van der Waals surface area contributed by atoms with Gasteiger partial charge in [0, 0.05) is 29.8 Å². The number of carbonyl (C=O) groups excluding carboxylic acids is 1. The molecule has 0 radical (unpaired) electrons. The van der Waals surface area contributed by atoms with Crippen LogP contribution in [0, 0.1) is 0 Å². The molecule has 0 spiro atoms. The summed E-state index contributed by atoms with van der Waals surface area (Å²) >= 11 is 0. The van der Waals surface area contributed by atoms with Crippen molar-refractivity contribution in [3.8, 4) is 0 Å². The van der Waals surface area contributed by atoms with Gasteiger partial charge in [-0.2, -0.15) is 13.2 Å². The lowest BCUT2D eigenvalue weighted by Gasteiger charge is -2.26. The number of anilines is 3. The number of rotatable bonds is 7. The van der Waals surface area contributed by atoms with E-state index in [1.807, 2.05) is 54.6 Å². The monoisotopic (exact) mass is 428 g/mol. The number of carbonyl (C=O) groups is 1. The van der Waals surface area contributed by atoms with Crippen LogP contribution >= 0.6 is 0 Å². The van der Waals surface area contributed by atoms with Gasteiger partial charge in [-0.25, -0.2) is 0 Å². The summed E-state index contributed by atoms with van der Waals surface area (Å²) in [4.78, 5) is 16.0. The molecule has 0 aliphatic carbocycles. The molecule has 0 bridgehead atoms. The first-order valence-electron chi connectivity index (χ1n) is 9.65. The Bertz CT molecular complexity index is 1040. The number of amides is 1. The third kappa shape index (κ3) is 6.05. The van der Waals surface area contributed by atoms with Crippen LogP contribution < -0.4 is 16.0 Å². The van der Waals surface area contributed by atoms with E-state index in [-0.39, 0.29) is 5.69 Å². The predicted molar refractivity (Wildman–Crippen MR) is 115 cm³/mol. The van der Waals surface area contributed by atoms with Crippen molar-refractivity contribution in [2.75, 3.05) is 10.6 Å². The fourth-order valence-electron chi connectivity index (χ4n) is 2.82. The highest BCUT2D eigenvalue weighted by molar-refractivity contribution is 5.97. The van der Waals surface area contributed by atoms with Gasteiger partial charge in [-0.05, 0) is 49.7 Å². The normalized spacial score (nSPS) is 11.8. The zero-order valence-corrected chi connectivity index (χ0v) is 17.1. The van der Waals surface area contributed by atoms with Crippen LogP contribution in [0.4, 0.5) is 30.2 Å². The van der Waals surface area contributed by atoms with Crippen LogP contribution in [0.2, 0.25) is 0 Å². The minimum absolute atomic E-state index is 0.0355. The Balaban J connectivity index is 1.67. The largest absolute Gasteiger partial charge is 0.433 e. The summed E-state index contributed by atoms with van der Waals surface area (Å²) < 4.78 is 38.5. The summed E-state index contributed by atoms with van der Waals surface area (Å²) in [6.45, 7) is 3.71. The van der Waals surface area contributed by atoms with E-state index in [0.29, 0.717) is 6.54 Å². The summed E-state index contributed by atoms with van der Waals surface area (Å²) in [7, 11) is 0. The highest BCUT2D eigenvalue weighted by Gasteiger charge is 2.33. The Morgan fingerprint density at radius 1 is 0.935 bits per heavy atom. The van der Waals surface area contributed by atoms with Gasteiger partial charge >= 0.3 is 6.18 Å². The highest BCUT2D eigenvalue weighted by Crippen LogP contribution is 2.29. The van der Waals surface area contributed by atoms with Gasteiger partial charge in [0.05, 0.1) is 5.54 Å². The zero-order valence-electron chi connectivity index (χ0n) is 17.1. The van der Waals surface area contributed by atoms with Crippen molar-refractivity contribution in [2.45, 2.75) is 32.1 Å². The molecule has 2 aromatic carbocycles. The number of hydrogen-bond donors (Lipinski definition) is 3. The van der Waals surface area contributed by atoms with Crippen molar-refractivity contribution >= 4 is 23.0 Å². The van der Waals surface area contributed by atoms with Crippen molar-refractivity contribution in [1.82, 2.24) is 10.3 Å². The minimum atomic E-state index is -4.58. The second kappa shape index (κ2) is 9.18. The first kappa shape index (κ1) is 22.3. The van der Waals surface area contributed by atoms with Crippen molar-refractivity contribution in [3.63, 3.8) is 0 Å². The molecular weight excluding hydrogens is 405 g/mol. The average Bonchev–Trinajstić information content (AvgIpc) is 2.73. The molecule has 0 aliphatic heterocycles. The minimum Gasteiger partial charge on any atom is -0.355 e. The lowest BCUT2D eigenvalue weighted by atomic mass is 10.0. The molecule has 5 nitrogen and oxygen atoms in total. The predicted octanol–water partition coefficient (Wildman–Crippen LogP) is 5.35. The van der Waals surface area contributed by atoms with E-state index in [2.05, 4.69) is 20.9 Å². The highest BCUT2D eigenvalue weighted by atomic mass is 19.4. The van der Waals surface area contributed by atoms with Crippen molar-refractivity contribution in [3.05, 3.63) is 84.2 Å². The Kier molecular flexibility index (Phi) is 6.60. The summed E-state index contributed by atoms with van der Waals surface area (Å²) in [5, 5.41) is 9.05. The van der Waals surface area contributed by atoms with Crippen molar-refractivity contribution in [2.24, 2.45) is 0 Å². The van der Waals surface area contributed by atoms with Gasteiger partial charge in [-0.15, -0.1) is 0 Å². The number of halogens is 3. The maximum Gasteiger partial charge on any atom is 0.433 e. The molecular formula is C23H23F3N4O. The van der Waals surface area contributed by atoms with Gasteiger partial charge in [0.2, 0.25) is 5.91 Å². The molecule has 1 amide bonds. The van der Waals surface area contributed by atoms with Crippen molar-refractivity contribution in [1.29, 1.82) is 0 Å². The SMILES string of the molecule is CC(C)(NCc1ccccc1Nc1ccccc1)C(=O)Nc1ccnc(C(F)(F)F)c1. The van der Waals surface area contributed by atoms with Gasteiger partial charge < -0.3 is 10.6 Å². The van der Waals surface area contributed by atoms with Crippen molar-refractivity contribution < 1.29 is 18.0 Å². The molecule has 0 fully saturated rings. The molecule has 0 atom stereocenters. The maximum absolute atomic E-state index is 12.8. The Morgan fingerprint density at radius 3 is 2.32 bits per heavy atom. The second-order valence-corrected chi connectivity index (χ2v) is 7.51. The molecule has 3 rings (SSSR count). The van der Waals surface area contributed by atoms with Gasteiger partial charge in [-0.3, -0.25) is 15.1 Å². The molecule has 1 heterocycles. The second-order valence-electron chi connectivity index (χ2n) is 7.51. The summed E-state index contributed by atoms with van der Waals surface area (Å²) in [5.41, 5.74) is 0.703. The Morgan fingerprint density at radius 2 is 1.61 bits per heavy atom. The summed E-state index contributed by atoms with van der Waals surface area (Å²) in [6, 6.07) is 19.5. The molecule has 3 N–H and O–H groups in total. The van der Waals surface area contributed by atoms with Crippen LogP contribution in [-0.4, -0.2) is 16.4 Å². The molecule has 0 unspecified atom stereocenters. The first-order valence-corrected chi connectivity index (χ1v) is 9.65. The van der Waals surface area contributed by atoms with Crippen LogP contribution in [0.15, 0.2) is 72.9 Å². The molecule has 1 aromatic heterocycles. The molecule has 0 saturated heterocycles. The standard InChI is InChI=1S/C23H23F3N4O/c1-22(2,21(31)30-18-12-13-27-20(14-18)23(24,25)26)28-15-16-8-6-7-11-19(16)29-17-9-4-3-5-10-17/h3-14,28-29H,15H2,1-2H3,(H,27,30,31). The zero-order chi connectivity index (χ0) is 22.5. The number of alkyl halides is 3. The van der Waals surface area contributed by atoms with Crippen LogP contribution in [-0.2, 0) is 17.5 Å². The Labute approximate surface area is 178 Å². The first-order chi connectivity index (χ1) is 14.6. The molecule has 8 heteroatoms. The number of nitrogens with zero attached hydrogens (tertiary/aromatic N) is 1. The molecule has 3 aromatic rings. The average molecular weight is 428 g/mol. The number of para-hydroxylation sites is 2. The van der Waals surface area contributed by atoms with E-state index in [1.165, 1.54) is 6.07 Å². The number of nitrogens with one attached hydrogen (secondary N) is 3. The van der Waals surface area contributed by atoms with Crippen LogP contribution in [0.5, 0.6) is 0 Å². The summed E-state index contributed by atoms with van der Waals surface area (Å²) in [6.07, 6.45) is -3.56. The van der Waals surface area contributed by atoms with E-state index >= 15 is 0 Å². The lowest BCUT2D eigenvalue weighted by Crippen LogP contribution is -2.49. The number of aromatic nitrogens is 1. The van der Waals surface area contributed by atoms with Crippen LogP contribution in [0.1, 0.15) is 25.1 Å². The quantitative estimate of drug-likeness (QED) is 0.475. The fraction of sp³-hybridized carbons (Fsp3) is 0.217. The molecule has 0 saturated carbocycles. The summed E-state index contributed by atoms with van der Waals surface area (Å²) in [5.74, 6) is -0.458. The van der Waals surface area contributed by atoms with E-state index in [4.69, 9.17) is 0 Å². The number of hydrogen-bond acceptors (Lipinski definition) is 4. The van der Waals surface area contributed by atoms with Gasteiger partial charge in [0.25, 0.3) is 0 Å². The topological polar surface area (TPSA) is 66.0 Å². The number of benzene rings is 2.